The number of pyridine rings is 3. The van der Waals surface area contributed by atoms with Crippen LogP contribution in [-0.2, 0) is 28.7 Å². The van der Waals surface area contributed by atoms with Crippen LogP contribution < -0.4 is 15.0 Å². The Morgan fingerprint density at radius 1 is 1.10 bits per heavy atom. The highest BCUT2D eigenvalue weighted by Gasteiger charge is 2.36. The minimum atomic E-state index is -4.71. The number of H-pyrrole nitrogens is 1. The van der Waals surface area contributed by atoms with Gasteiger partial charge in [0.15, 0.2) is 5.65 Å². The number of aromatic amines is 1. The second kappa shape index (κ2) is 15.4. The number of carboxylic acids is 1. The predicted octanol–water partition coefficient (Wildman–Crippen LogP) is 5.95. The van der Waals surface area contributed by atoms with Gasteiger partial charge < -0.3 is 24.5 Å². The van der Waals surface area contributed by atoms with Gasteiger partial charge in [-0.05, 0) is 55.5 Å². The summed E-state index contributed by atoms with van der Waals surface area (Å²) in [6.45, 7) is 4.61. The van der Waals surface area contributed by atoms with Gasteiger partial charge in [0, 0.05) is 63.6 Å². The maximum atomic E-state index is 13.9. The van der Waals surface area contributed by atoms with Gasteiger partial charge in [-0.15, -0.1) is 0 Å². The molecule has 1 fully saturated rings. The lowest BCUT2D eigenvalue weighted by atomic mass is 9.74. The fourth-order valence-electron chi connectivity index (χ4n) is 7.28. The first-order chi connectivity index (χ1) is 24.9. The molecule has 13 nitrogen and oxygen atoms in total. The third-order valence-corrected chi connectivity index (χ3v) is 9.75. The minimum Gasteiger partial charge on any atom is -0.481 e. The Morgan fingerprint density at radius 3 is 2.60 bits per heavy atom. The molecular formula is C36H43F3N8O5. The molecule has 278 valence electrons. The van der Waals surface area contributed by atoms with Crippen LogP contribution in [0.25, 0.3) is 22.4 Å². The van der Waals surface area contributed by atoms with Gasteiger partial charge >= 0.3 is 12.1 Å². The summed E-state index contributed by atoms with van der Waals surface area (Å²) in [6, 6.07) is 5.81. The van der Waals surface area contributed by atoms with Crippen LogP contribution in [0, 0.1) is 5.41 Å². The Labute approximate surface area is 299 Å². The van der Waals surface area contributed by atoms with E-state index < -0.39 is 23.7 Å². The highest BCUT2D eigenvalue weighted by molar-refractivity contribution is 6.03. The Morgan fingerprint density at radius 2 is 1.88 bits per heavy atom. The number of methoxy groups -OCH3 is 1. The molecule has 0 bridgehead atoms. The molecule has 1 aliphatic heterocycles. The number of imidazole rings is 1. The summed E-state index contributed by atoms with van der Waals surface area (Å²) < 4.78 is 52.9. The molecule has 0 saturated heterocycles. The number of carbonyl (C=O) groups excluding carboxylic acids is 1. The quantitative estimate of drug-likeness (QED) is 0.150. The zero-order valence-electron chi connectivity index (χ0n) is 29.5. The van der Waals surface area contributed by atoms with E-state index in [0.717, 1.165) is 49.3 Å². The van der Waals surface area contributed by atoms with Crippen molar-refractivity contribution in [2.45, 2.75) is 64.6 Å². The first kappa shape index (κ1) is 36.9. The first-order valence-electron chi connectivity index (χ1n) is 17.4. The largest absolute Gasteiger partial charge is 0.481 e. The molecule has 3 N–H and O–H groups in total. The molecule has 0 radical (unpaired) electrons. The maximum absolute atomic E-state index is 13.9. The van der Waals surface area contributed by atoms with Crippen molar-refractivity contribution in [2.24, 2.45) is 5.41 Å². The Balaban J connectivity index is 1.34. The first-order valence-corrected chi connectivity index (χ1v) is 17.4. The van der Waals surface area contributed by atoms with Crippen molar-refractivity contribution >= 4 is 34.7 Å². The van der Waals surface area contributed by atoms with Gasteiger partial charge in [0.05, 0.1) is 31.0 Å². The van der Waals surface area contributed by atoms with Crippen LogP contribution in [0.5, 0.6) is 5.88 Å². The zero-order chi connectivity index (χ0) is 37.0. The standard InChI is InChI=1S/C36H43F3N8O5/c1-4-52-29-16-23(15-28(42-29)36(37,38)39)25-17-27(46(2)20-35(21-51-3)10-6-5-7-11-35)31-32(41-25)44-34(43-31)45-33(50)26-14-22-8-12-47(13-9-30(48)49)19-24(22)18-40-26/h14-18H,4-13,19-21H2,1-3H3,(H,48,49)(H2,41,43,44,45,50). The van der Waals surface area contributed by atoms with E-state index in [1.165, 1.54) is 6.07 Å². The van der Waals surface area contributed by atoms with Crippen LogP contribution in [0.3, 0.4) is 0 Å². The lowest BCUT2D eigenvalue weighted by Crippen LogP contribution is -2.40. The van der Waals surface area contributed by atoms with E-state index in [-0.39, 0.29) is 52.9 Å². The average molecular weight is 725 g/mol. The van der Waals surface area contributed by atoms with E-state index in [4.69, 9.17) is 14.6 Å². The molecule has 16 heteroatoms. The minimum absolute atomic E-state index is 0.0497. The van der Waals surface area contributed by atoms with E-state index in [0.29, 0.717) is 50.4 Å². The molecule has 0 unspecified atom stereocenters. The maximum Gasteiger partial charge on any atom is 0.433 e. The lowest BCUT2D eigenvalue weighted by molar-refractivity contribution is -0.141. The van der Waals surface area contributed by atoms with E-state index in [2.05, 4.69) is 30.2 Å². The number of nitrogens with zero attached hydrogens (tertiary/aromatic N) is 6. The van der Waals surface area contributed by atoms with Gasteiger partial charge in [-0.2, -0.15) is 18.2 Å². The van der Waals surface area contributed by atoms with Gasteiger partial charge in [0.1, 0.15) is 16.9 Å². The van der Waals surface area contributed by atoms with E-state index >= 15 is 0 Å². The number of hydrogen-bond donors (Lipinski definition) is 3. The summed E-state index contributed by atoms with van der Waals surface area (Å²) in [5, 5.41) is 11.8. The van der Waals surface area contributed by atoms with E-state index in [1.54, 1.807) is 32.4 Å². The monoisotopic (exact) mass is 724 g/mol. The molecule has 5 heterocycles. The third kappa shape index (κ3) is 8.44. The van der Waals surface area contributed by atoms with Gasteiger partial charge in [0.2, 0.25) is 11.8 Å². The van der Waals surface area contributed by atoms with Gasteiger partial charge in [-0.1, -0.05) is 19.3 Å². The highest BCUT2D eigenvalue weighted by atomic mass is 19.4. The van der Waals surface area contributed by atoms with Gasteiger partial charge in [-0.25, -0.2) is 9.97 Å². The Hall–Kier alpha value is -4.83. The van der Waals surface area contributed by atoms with E-state index in [9.17, 15) is 22.8 Å². The number of rotatable bonds is 13. The number of anilines is 2. The van der Waals surface area contributed by atoms with Crippen LogP contribution in [0.2, 0.25) is 0 Å². The van der Waals surface area contributed by atoms with Crippen molar-refractivity contribution < 1.29 is 37.3 Å². The predicted molar refractivity (Wildman–Crippen MR) is 187 cm³/mol. The highest BCUT2D eigenvalue weighted by Crippen LogP contribution is 2.40. The van der Waals surface area contributed by atoms with Crippen molar-refractivity contribution in [3.63, 3.8) is 0 Å². The number of nitrogens with one attached hydrogen (secondary N) is 2. The Bertz CT molecular complexity index is 1920. The second-order valence-electron chi connectivity index (χ2n) is 13.6. The van der Waals surface area contributed by atoms with Crippen molar-refractivity contribution in [2.75, 3.05) is 57.2 Å². The number of hydrogen-bond acceptors (Lipinski definition) is 10. The molecule has 52 heavy (non-hydrogen) atoms. The number of halogens is 3. The summed E-state index contributed by atoms with van der Waals surface area (Å²) in [5.74, 6) is -1.43. The summed E-state index contributed by atoms with van der Waals surface area (Å²) >= 11 is 0. The lowest BCUT2D eigenvalue weighted by Gasteiger charge is -2.40. The number of ether oxygens (including phenoxy) is 2. The fourth-order valence-corrected chi connectivity index (χ4v) is 7.28. The molecule has 4 aromatic rings. The molecule has 0 atom stereocenters. The van der Waals surface area contributed by atoms with Crippen LogP contribution >= 0.6 is 0 Å². The second-order valence-corrected chi connectivity index (χ2v) is 13.6. The number of aliphatic carboxylic acids is 1. The topological polar surface area (TPSA) is 159 Å². The average Bonchev–Trinajstić information content (AvgIpc) is 3.52. The number of fused-ring (bicyclic) bond motifs is 2. The van der Waals surface area contributed by atoms with Crippen LogP contribution in [0.1, 0.15) is 72.8 Å². The number of carboxylic acid groups (broad SMARTS) is 1. The summed E-state index contributed by atoms with van der Waals surface area (Å²) in [6.07, 6.45) is 2.87. The molecule has 0 aromatic carbocycles. The van der Waals surface area contributed by atoms with Crippen LogP contribution in [0.4, 0.5) is 24.8 Å². The third-order valence-electron chi connectivity index (χ3n) is 9.75. The molecular weight excluding hydrogens is 681 g/mol. The normalized spacial score (nSPS) is 16.0. The van der Waals surface area contributed by atoms with Crippen molar-refractivity contribution in [1.82, 2.24) is 29.8 Å². The SMILES string of the molecule is CCOc1cc(-c2cc(N(C)CC3(COC)CCCCC3)c3[nH]c(NC(=O)c4cc5c(cn4)CN(CCC(=O)O)CC5)nc3n2)cc(C(F)(F)F)n1. The smallest absolute Gasteiger partial charge is 0.433 e. The fraction of sp³-hybridized carbons (Fsp3) is 0.500. The molecule has 4 aromatic heterocycles. The van der Waals surface area contributed by atoms with Crippen LogP contribution in [-0.4, -0.2) is 93.8 Å². The number of aromatic nitrogens is 5. The van der Waals surface area contributed by atoms with E-state index in [1.807, 2.05) is 16.8 Å². The Kier molecular flexibility index (Phi) is 11.0. The molecule has 2 aliphatic rings. The molecule has 1 saturated carbocycles. The number of amides is 1. The summed E-state index contributed by atoms with van der Waals surface area (Å²) in [7, 11) is 3.61. The zero-order valence-corrected chi connectivity index (χ0v) is 29.5. The molecule has 6 rings (SSSR count). The number of alkyl halides is 3. The van der Waals surface area contributed by atoms with Crippen molar-refractivity contribution in [3.05, 3.63) is 53.0 Å². The number of carbonyl (C=O) groups is 2. The molecule has 0 spiro atoms. The summed E-state index contributed by atoms with van der Waals surface area (Å²) in [4.78, 5) is 49.0. The molecule has 1 amide bonds. The van der Waals surface area contributed by atoms with Crippen molar-refractivity contribution in [3.8, 4) is 17.1 Å². The van der Waals surface area contributed by atoms with Crippen molar-refractivity contribution in [1.29, 1.82) is 0 Å². The van der Waals surface area contributed by atoms with Crippen LogP contribution in [0.15, 0.2) is 30.5 Å². The molecule has 1 aliphatic carbocycles. The van der Waals surface area contributed by atoms with Gasteiger partial charge in [0.25, 0.3) is 5.91 Å². The van der Waals surface area contributed by atoms with Gasteiger partial charge in [-0.3, -0.25) is 24.8 Å². The summed E-state index contributed by atoms with van der Waals surface area (Å²) in [5.41, 5.74) is 2.56.